The van der Waals surface area contributed by atoms with E-state index in [1.54, 1.807) is 48.5 Å². The molecule has 0 atom stereocenters. The van der Waals surface area contributed by atoms with Crippen molar-refractivity contribution in [3.05, 3.63) is 48.5 Å². The zero-order chi connectivity index (χ0) is 14.5. The molecule has 2 aromatic rings. The van der Waals surface area contributed by atoms with Crippen LogP contribution < -0.4 is 9.47 Å². The van der Waals surface area contributed by atoms with E-state index in [9.17, 15) is 9.59 Å². The molecule has 2 rings (SSSR count). The smallest absolute Gasteiger partial charge is 0.409 e. The van der Waals surface area contributed by atoms with Crippen LogP contribution in [-0.2, 0) is 0 Å². The van der Waals surface area contributed by atoms with Gasteiger partial charge in [0.2, 0.25) is 0 Å². The quantitative estimate of drug-likeness (QED) is 0.762. The first kappa shape index (κ1) is 14.4. The normalized spacial score (nSPS) is 9.90. The number of carbonyl (C=O) groups excluding carboxylic acids is 2. The lowest BCUT2D eigenvalue weighted by atomic mass is 10.1. The predicted molar refractivity (Wildman–Crippen MR) is 75.6 cm³/mol. The number of carbonyl (C=O) groups is 2. The van der Waals surface area contributed by atoms with E-state index in [0.29, 0.717) is 11.5 Å². The lowest BCUT2D eigenvalue weighted by molar-refractivity contribution is 0.224. The fraction of sp³-hybridized carbons (Fsp3) is 0. The minimum atomic E-state index is -0.884. The van der Waals surface area contributed by atoms with E-state index in [1.807, 2.05) is 0 Å². The predicted octanol–water partition coefficient (Wildman–Crippen LogP) is 4.83. The van der Waals surface area contributed by atoms with Gasteiger partial charge in [0.1, 0.15) is 11.5 Å². The topological polar surface area (TPSA) is 52.6 Å². The Hall–Kier alpha value is -2.04. The Balaban J connectivity index is 2.15. The summed E-state index contributed by atoms with van der Waals surface area (Å²) in [7, 11) is 0. The Kier molecular flexibility index (Phi) is 4.61. The molecule has 0 amide bonds. The van der Waals surface area contributed by atoms with Gasteiger partial charge in [-0.15, -0.1) is 0 Å². The molecule has 0 aliphatic rings. The van der Waals surface area contributed by atoms with Crippen LogP contribution in [0.2, 0.25) is 0 Å². The summed E-state index contributed by atoms with van der Waals surface area (Å²) in [6.45, 7) is 0. The van der Waals surface area contributed by atoms with Crippen LogP contribution in [0.25, 0.3) is 11.1 Å². The molecule has 0 radical (unpaired) electrons. The molecule has 0 bridgehead atoms. The third kappa shape index (κ3) is 3.98. The van der Waals surface area contributed by atoms with Crippen molar-refractivity contribution in [3.8, 4) is 22.6 Å². The molecule has 0 aromatic heterocycles. The van der Waals surface area contributed by atoms with Gasteiger partial charge in [-0.1, -0.05) is 24.3 Å². The molecule has 0 unspecified atom stereocenters. The van der Waals surface area contributed by atoms with Crippen LogP contribution >= 0.6 is 23.2 Å². The fourth-order valence-corrected chi connectivity index (χ4v) is 1.79. The van der Waals surface area contributed by atoms with Crippen molar-refractivity contribution < 1.29 is 19.1 Å². The van der Waals surface area contributed by atoms with Crippen molar-refractivity contribution in [2.24, 2.45) is 0 Å². The Morgan fingerprint density at radius 2 is 0.950 bits per heavy atom. The highest BCUT2D eigenvalue weighted by atomic mass is 35.5. The van der Waals surface area contributed by atoms with Crippen molar-refractivity contribution in [1.29, 1.82) is 0 Å². The molecule has 0 fully saturated rings. The Bertz CT molecular complexity index is 563. The molecular formula is C14H8Cl2O4. The Morgan fingerprint density at radius 3 is 1.20 bits per heavy atom. The van der Waals surface area contributed by atoms with Gasteiger partial charge in [-0.3, -0.25) is 0 Å². The van der Waals surface area contributed by atoms with Gasteiger partial charge in [0.25, 0.3) is 0 Å². The van der Waals surface area contributed by atoms with Crippen LogP contribution in [0.1, 0.15) is 0 Å². The van der Waals surface area contributed by atoms with Crippen molar-refractivity contribution >= 4 is 34.1 Å². The molecule has 4 nitrogen and oxygen atoms in total. The summed E-state index contributed by atoms with van der Waals surface area (Å²) in [5.41, 5.74) is 0.0428. The minimum absolute atomic E-state index is 0.362. The van der Waals surface area contributed by atoms with E-state index in [4.69, 9.17) is 32.7 Å². The summed E-state index contributed by atoms with van der Waals surface area (Å²) in [4.78, 5) is 21.2. The van der Waals surface area contributed by atoms with Crippen molar-refractivity contribution in [2.75, 3.05) is 0 Å². The van der Waals surface area contributed by atoms with E-state index >= 15 is 0 Å². The Morgan fingerprint density at radius 1 is 0.650 bits per heavy atom. The molecule has 2 aromatic carbocycles. The average molecular weight is 311 g/mol. The SMILES string of the molecule is O=C(Cl)Oc1ccc(-c2ccc(OC(=O)Cl)cc2)cc1. The molecule has 0 saturated carbocycles. The van der Waals surface area contributed by atoms with Crippen LogP contribution in [0.3, 0.4) is 0 Å². The molecule has 20 heavy (non-hydrogen) atoms. The minimum Gasteiger partial charge on any atom is -0.415 e. The van der Waals surface area contributed by atoms with Crippen LogP contribution in [0.5, 0.6) is 11.5 Å². The summed E-state index contributed by atoms with van der Waals surface area (Å²) in [6, 6.07) is 13.6. The highest BCUT2D eigenvalue weighted by molar-refractivity contribution is 6.61. The summed E-state index contributed by atoms with van der Waals surface area (Å²) in [5, 5.41) is 0. The molecule has 0 N–H and O–H groups in total. The third-order valence-corrected chi connectivity index (χ3v) is 2.59. The van der Waals surface area contributed by atoms with E-state index in [2.05, 4.69) is 0 Å². The van der Waals surface area contributed by atoms with E-state index < -0.39 is 10.9 Å². The first-order valence-corrected chi connectivity index (χ1v) is 6.25. The van der Waals surface area contributed by atoms with Crippen molar-refractivity contribution in [3.63, 3.8) is 0 Å². The van der Waals surface area contributed by atoms with E-state index in [1.165, 1.54) is 0 Å². The van der Waals surface area contributed by atoms with Gasteiger partial charge in [-0.25, -0.2) is 9.59 Å². The maximum atomic E-state index is 10.6. The highest BCUT2D eigenvalue weighted by Gasteiger charge is 2.03. The summed E-state index contributed by atoms with van der Waals surface area (Å²) < 4.78 is 9.44. The number of halogens is 2. The lowest BCUT2D eigenvalue weighted by Gasteiger charge is -2.05. The van der Waals surface area contributed by atoms with Crippen LogP contribution in [-0.4, -0.2) is 10.9 Å². The number of hydrogen-bond acceptors (Lipinski definition) is 4. The maximum absolute atomic E-state index is 10.6. The summed E-state index contributed by atoms with van der Waals surface area (Å²) >= 11 is 10.2. The second-order valence-corrected chi connectivity index (χ2v) is 4.35. The molecule has 0 spiro atoms. The molecule has 102 valence electrons. The van der Waals surface area contributed by atoms with Gasteiger partial charge in [0, 0.05) is 23.2 Å². The van der Waals surface area contributed by atoms with E-state index in [0.717, 1.165) is 11.1 Å². The molecular weight excluding hydrogens is 303 g/mol. The zero-order valence-electron chi connectivity index (χ0n) is 10.0. The molecule has 0 heterocycles. The van der Waals surface area contributed by atoms with Gasteiger partial charge in [0.05, 0.1) is 0 Å². The van der Waals surface area contributed by atoms with Gasteiger partial charge in [0.15, 0.2) is 0 Å². The number of hydrogen-bond donors (Lipinski definition) is 0. The number of benzene rings is 2. The van der Waals surface area contributed by atoms with Crippen LogP contribution in [0.15, 0.2) is 48.5 Å². The molecule has 6 heteroatoms. The zero-order valence-corrected chi connectivity index (χ0v) is 11.5. The molecule has 0 aliphatic heterocycles. The van der Waals surface area contributed by atoms with Gasteiger partial charge in [-0.05, 0) is 35.4 Å². The number of ether oxygens (including phenoxy) is 2. The van der Waals surface area contributed by atoms with Gasteiger partial charge >= 0.3 is 10.9 Å². The first-order chi connectivity index (χ1) is 9.54. The van der Waals surface area contributed by atoms with Crippen LogP contribution in [0, 0.1) is 0 Å². The second kappa shape index (κ2) is 6.41. The van der Waals surface area contributed by atoms with E-state index in [-0.39, 0.29) is 0 Å². The molecule has 0 aliphatic carbocycles. The summed E-state index contributed by atoms with van der Waals surface area (Å²) in [5.74, 6) is 0.725. The molecule has 0 saturated heterocycles. The largest absolute Gasteiger partial charge is 0.415 e. The summed E-state index contributed by atoms with van der Waals surface area (Å²) in [6.07, 6.45) is 0. The van der Waals surface area contributed by atoms with Crippen molar-refractivity contribution in [1.82, 2.24) is 0 Å². The Labute approximate surface area is 124 Å². The highest BCUT2D eigenvalue weighted by Crippen LogP contribution is 2.25. The van der Waals surface area contributed by atoms with Crippen LogP contribution in [0.4, 0.5) is 9.59 Å². The van der Waals surface area contributed by atoms with Gasteiger partial charge in [-0.2, -0.15) is 0 Å². The van der Waals surface area contributed by atoms with Crippen molar-refractivity contribution in [2.45, 2.75) is 0 Å². The van der Waals surface area contributed by atoms with Gasteiger partial charge < -0.3 is 9.47 Å². The lowest BCUT2D eigenvalue weighted by Crippen LogP contribution is -1.96. The standard InChI is InChI=1S/C14H8Cl2O4/c15-13(17)19-11-5-1-9(2-6-11)10-3-7-12(8-4-10)20-14(16)18/h1-8H. The number of rotatable bonds is 3. The fourth-order valence-electron chi connectivity index (χ4n) is 1.62. The monoisotopic (exact) mass is 310 g/mol. The maximum Gasteiger partial charge on any atom is 0.409 e. The third-order valence-electron chi connectivity index (χ3n) is 2.44. The first-order valence-electron chi connectivity index (χ1n) is 5.50. The second-order valence-electron chi connectivity index (χ2n) is 3.73. The average Bonchev–Trinajstić information content (AvgIpc) is 2.39.